The van der Waals surface area contributed by atoms with Gasteiger partial charge >= 0.3 is 0 Å². The number of aliphatic hydroxyl groups is 20. The van der Waals surface area contributed by atoms with E-state index in [2.05, 4.69) is 41.9 Å². The number of hydrogen-bond acceptors (Lipinski definition) is 37. The summed E-state index contributed by atoms with van der Waals surface area (Å²) in [6, 6.07) is -4.84. The molecule has 23 N–H and O–H groups in total. The van der Waals surface area contributed by atoms with E-state index in [4.69, 9.17) is 66.3 Å². The van der Waals surface area contributed by atoms with Crippen LogP contribution < -0.4 is 16.0 Å². The smallest absolute Gasteiger partial charge is 0.220 e. The molecule has 0 aliphatic carbocycles. The maximum absolute atomic E-state index is 13.8. The second-order valence-electron chi connectivity index (χ2n) is 35.9. The zero-order valence-electron chi connectivity index (χ0n) is 76.5. The van der Waals surface area contributed by atoms with E-state index in [0.717, 1.165) is 78.1 Å². The number of rotatable bonds is 61. The average molecular weight is 1880 g/mol. The van der Waals surface area contributed by atoms with E-state index < -0.39 is 285 Å². The maximum atomic E-state index is 13.8. The van der Waals surface area contributed by atoms with Crippen LogP contribution >= 0.6 is 0 Å². The normalized spacial score (nSPS) is 37.3. The molecule has 7 saturated heterocycles. The Hall–Kier alpha value is -3.47. The summed E-state index contributed by atoms with van der Waals surface area (Å²) in [5.74, 6) is -2.16. The minimum Gasteiger partial charge on any atom is -0.394 e. The topological polar surface area (TPSA) is 621 Å². The zero-order chi connectivity index (χ0) is 94.9. The summed E-state index contributed by atoms with van der Waals surface area (Å²) in [4.78, 5) is 40.0. The van der Waals surface area contributed by atoms with Gasteiger partial charge < -0.3 is 184 Å². The Morgan fingerprint density at radius 3 is 1.14 bits per heavy atom. The number of nitrogens with one attached hydrogen (secondary N) is 3. The number of amides is 3. The van der Waals surface area contributed by atoms with E-state index in [9.17, 15) is 117 Å². The van der Waals surface area contributed by atoms with Gasteiger partial charge in [-0.2, -0.15) is 0 Å². The maximum Gasteiger partial charge on any atom is 0.220 e. The molecule has 7 rings (SSSR count). The van der Waals surface area contributed by atoms with Gasteiger partial charge in [-0.05, 0) is 51.9 Å². The van der Waals surface area contributed by atoms with Crippen molar-refractivity contribution >= 4 is 17.7 Å². The first-order valence-electron chi connectivity index (χ1n) is 48.0. The molecule has 0 aromatic rings. The molecule has 0 spiro atoms. The molecule has 758 valence electrons. The molecule has 130 heavy (non-hydrogen) atoms. The molecule has 0 aromatic heterocycles. The van der Waals surface area contributed by atoms with Crippen LogP contribution in [0.15, 0.2) is 24.3 Å². The van der Waals surface area contributed by atoms with Crippen molar-refractivity contribution in [1.82, 2.24) is 16.0 Å². The SMILES string of the molecule is CCCCCCCC/C=C\CCCCCCCCCCCCCCCC(=O)N[C@@H](CO[C@@H]1OC(CO)[C@@H](O[C@@H]2OC(CO)[C@H](O[C@@H]3OC(CO)[C@H](O)[C@H](O)C3NC(C)=O)[C@H](O[C@H]3OC(CO)[C@H](O)[C@H](O[C@@H]4OC(CO)[C@@H](O[C@@H]5OC(CO)[C@H](O)[C@H](O)C5O)[C@H](O[C@H]5OC(C)[C@@H](O)C(O)[C@@H]5O)C4NC(C)=O)C3O)C2O)[C@H](O)C1O)[C@H](O)/C=C/CCCCCCCCCCCCC. The summed E-state index contributed by atoms with van der Waals surface area (Å²) in [6.45, 7) is 0.749. The van der Waals surface area contributed by atoms with E-state index in [1.54, 1.807) is 6.08 Å². The summed E-state index contributed by atoms with van der Waals surface area (Å²) in [5, 5.41) is 234. The van der Waals surface area contributed by atoms with E-state index in [0.29, 0.717) is 12.8 Å². The van der Waals surface area contributed by atoms with E-state index in [1.807, 2.05) is 6.08 Å². The van der Waals surface area contributed by atoms with Gasteiger partial charge in [0.15, 0.2) is 44.0 Å². The molecule has 40 nitrogen and oxygen atoms in total. The standard InChI is InChI=1S/C90H161N3O37/c1-6-8-10-12-14-16-18-20-21-22-23-24-25-26-27-28-29-31-33-35-37-39-41-43-62(103)93-54(55(102)42-40-38-36-34-32-30-19-17-15-13-11-9-7-2)50-117-86-75(114)72(111)78(59(47-97)123-86)125-90-77(116)83(80(61(49-99)124-90)126-84-63(91-52(4)100)69(108)66(105)56(44-94)119-84)130-89-76(115)82(68(107)58(46-96)121-89)129-85-64(92-53(5)101)81(128-87-73(112)70(109)65(104)51(3)118-87)79(60(48-98)122-85)127-88-74(113)71(110)67(106)57(45-95)120-88/h20-21,40,42,51,54-61,63-90,94-99,102,104-116H,6-19,22-39,41,43-50H2,1-5H3,(H,91,100)(H,92,101)(H,93,103)/b21-20-,42-40+/t51?,54-,55+,56?,57?,58?,59?,60?,61?,63?,64?,65+,66-,67-,68-,69+,70?,71-,72+,73-,74?,75?,76?,77?,78+,79+,80-,81+,82-,83+,84-,85-,86+,87+,88-,89+,90-/m0/s1. The predicted octanol–water partition coefficient (Wildman–Crippen LogP) is -0.675. The first kappa shape index (κ1) is 114. The molecule has 7 aliphatic rings. The van der Waals surface area contributed by atoms with Crippen LogP contribution in [0.1, 0.15) is 253 Å². The van der Waals surface area contributed by atoms with Crippen LogP contribution in [-0.2, 0) is 80.7 Å². The third-order valence-electron chi connectivity index (χ3n) is 25.5. The fourth-order valence-corrected chi connectivity index (χ4v) is 17.6. The lowest BCUT2D eigenvalue weighted by Gasteiger charge is -2.52. The molecular formula is C90H161N3O37. The summed E-state index contributed by atoms with van der Waals surface area (Å²) < 4.78 is 85.4. The van der Waals surface area contributed by atoms with Gasteiger partial charge in [0.1, 0.15) is 165 Å². The van der Waals surface area contributed by atoms with Crippen LogP contribution in [0.4, 0.5) is 0 Å². The highest BCUT2D eigenvalue weighted by Crippen LogP contribution is 2.40. The Morgan fingerprint density at radius 2 is 0.646 bits per heavy atom. The van der Waals surface area contributed by atoms with Crippen molar-refractivity contribution in [1.29, 1.82) is 0 Å². The number of carbonyl (C=O) groups excluding carboxylic acids is 3. The molecule has 0 saturated carbocycles. The molecular weight excluding hydrogens is 1710 g/mol. The molecule has 3 amide bonds. The number of carbonyl (C=O) groups is 3. The third kappa shape index (κ3) is 34.8. The van der Waals surface area contributed by atoms with Crippen molar-refractivity contribution in [2.24, 2.45) is 0 Å². The molecule has 0 aromatic carbocycles. The fourth-order valence-electron chi connectivity index (χ4n) is 17.6. The lowest BCUT2D eigenvalue weighted by molar-refractivity contribution is -0.404. The Labute approximate surface area is 763 Å². The van der Waals surface area contributed by atoms with Crippen molar-refractivity contribution in [3.63, 3.8) is 0 Å². The summed E-state index contributed by atoms with van der Waals surface area (Å²) in [5.41, 5.74) is 0. The monoisotopic (exact) mass is 1880 g/mol. The third-order valence-corrected chi connectivity index (χ3v) is 25.5. The first-order chi connectivity index (χ1) is 62.5. The minimum atomic E-state index is -2.47. The van der Waals surface area contributed by atoms with Gasteiger partial charge in [-0.25, -0.2) is 0 Å². The van der Waals surface area contributed by atoms with Gasteiger partial charge in [0.2, 0.25) is 17.7 Å². The molecule has 40 heteroatoms. The van der Waals surface area contributed by atoms with Gasteiger partial charge in [0.05, 0.1) is 64.5 Å². The molecule has 37 atom stereocenters. The fraction of sp³-hybridized carbons (Fsp3) is 0.922. The van der Waals surface area contributed by atoms with Crippen molar-refractivity contribution in [3.05, 3.63) is 24.3 Å². The van der Waals surface area contributed by atoms with Crippen LogP contribution in [0.5, 0.6) is 0 Å². The lowest BCUT2D eigenvalue weighted by atomic mass is 9.93. The lowest BCUT2D eigenvalue weighted by Crippen LogP contribution is -2.71. The van der Waals surface area contributed by atoms with Crippen LogP contribution in [-0.4, -0.2) is 393 Å². The number of allylic oxidation sites excluding steroid dienone is 3. The van der Waals surface area contributed by atoms with Crippen molar-refractivity contribution in [2.45, 2.75) is 480 Å². The van der Waals surface area contributed by atoms with E-state index >= 15 is 0 Å². The second kappa shape index (κ2) is 61.1. The Morgan fingerprint density at radius 1 is 0.315 bits per heavy atom. The molecule has 14 unspecified atom stereocenters. The molecule has 0 bridgehead atoms. The number of unbranched alkanes of at least 4 members (excludes halogenated alkanes) is 30. The first-order valence-corrected chi connectivity index (χ1v) is 48.0. The number of aliphatic hydroxyl groups excluding tert-OH is 20. The van der Waals surface area contributed by atoms with Crippen molar-refractivity contribution in [2.75, 3.05) is 46.2 Å². The highest BCUT2D eigenvalue weighted by atomic mass is 16.8. The Bertz CT molecular complexity index is 3110. The van der Waals surface area contributed by atoms with Gasteiger partial charge in [-0.15, -0.1) is 0 Å². The zero-order valence-corrected chi connectivity index (χ0v) is 76.5. The Balaban J connectivity index is 1.07. The quantitative estimate of drug-likeness (QED) is 0.0265. The summed E-state index contributed by atoms with van der Waals surface area (Å²) in [6.07, 6.45) is -21.7. The second-order valence-corrected chi connectivity index (χ2v) is 35.9. The minimum absolute atomic E-state index is 0.130. The van der Waals surface area contributed by atoms with Gasteiger partial charge in [0.25, 0.3) is 0 Å². The summed E-state index contributed by atoms with van der Waals surface area (Å²) in [7, 11) is 0. The van der Waals surface area contributed by atoms with Crippen LogP contribution in [0.3, 0.4) is 0 Å². The van der Waals surface area contributed by atoms with Crippen LogP contribution in [0.2, 0.25) is 0 Å². The van der Waals surface area contributed by atoms with Crippen molar-refractivity contribution in [3.8, 4) is 0 Å². The van der Waals surface area contributed by atoms with Crippen LogP contribution in [0.25, 0.3) is 0 Å². The summed E-state index contributed by atoms with van der Waals surface area (Å²) >= 11 is 0. The van der Waals surface area contributed by atoms with Gasteiger partial charge in [-0.3, -0.25) is 14.4 Å². The molecule has 0 radical (unpaired) electrons. The van der Waals surface area contributed by atoms with Crippen molar-refractivity contribution < 1.29 is 183 Å². The highest BCUT2D eigenvalue weighted by Gasteiger charge is 2.61. The Kier molecular flexibility index (Phi) is 53.3. The molecule has 7 fully saturated rings. The number of ether oxygens (including phenoxy) is 14. The van der Waals surface area contributed by atoms with Gasteiger partial charge in [-0.1, -0.05) is 205 Å². The van der Waals surface area contributed by atoms with Crippen LogP contribution in [0, 0.1) is 0 Å². The average Bonchev–Trinajstić information content (AvgIpc) is 0.759. The highest BCUT2D eigenvalue weighted by molar-refractivity contribution is 5.76. The number of hydrogen-bond donors (Lipinski definition) is 23. The molecule has 7 heterocycles. The molecule has 7 aliphatic heterocycles. The largest absolute Gasteiger partial charge is 0.394 e. The van der Waals surface area contributed by atoms with E-state index in [-0.39, 0.29) is 12.3 Å². The van der Waals surface area contributed by atoms with E-state index in [1.165, 1.54) is 142 Å². The van der Waals surface area contributed by atoms with Gasteiger partial charge in [0, 0.05) is 20.3 Å². The predicted molar refractivity (Wildman–Crippen MR) is 462 cm³/mol.